The number of sulfonamides is 1. The number of carbonyl (C=O) groups is 1. The zero-order chi connectivity index (χ0) is 17.6. The van der Waals surface area contributed by atoms with Crippen molar-refractivity contribution < 1.29 is 18.0 Å². The van der Waals surface area contributed by atoms with Crippen LogP contribution in [0.3, 0.4) is 0 Å². The van der Waals surface area contributed by atoms with Gasteiger partial charge in [0.25, 0.3) is 22.0 Å². The summed E-state index contributed by atoms with van der Waals surface area (Å²) in [7, 11) is -3.98. The minimum Gasteiger partial charge on any atom is -0.352 e. The van der Waals surface area contributed by atoms with E-state index >= 15 is 0 Å². The second-order valence-electron chi connectivity index (χ2n) is 4.81. The molecule has 2 aromatic rings. The molecule has 0 unspecified atom stereocenters. The Morgan fingerprint density at radius 2 is 1.71 bits per heavy atom. The molecule has 0 heterocycles. The molecule has 24 heavy (non-hydrogen) atoms. The third kappa shape index (κ3) is 4.76. The molecule has 0 atom stereocenters. The molecule has 0 aliphatic heterocycles. The molecule has 124 valence electrons. The van der Waals surface area contributed by atoms with Gasteiger partial charge in [0.2, 0.25) is 0 Å². The van der Waals surface area contributed by atoms with Gasteiger partial charge in [-0.25, -0.2) is 4.79 Å². The van der Waals surface area contributed by atoms with E-state index in [1.165, 1.54) is 12.1 Å². The average Bonchev–Trinajstić information content (AvgIpc) is 2.56. The highest BCUT2D eigenvalue weighted by atomic mass is 35.5. The number of benzene rings is 2. The molecule has 0 spiro atoms. The van der Waals surface area contributed by atoms with Gasteiger partial charge in [0, 0.05) is 17.1 Å². The molecule has 0 radical (unpaired) electrons. The van der Waals surface area contributed by atoms with Gasteiger partial charge in [-0.3, -0.25) is 4.79 Å². The number of nitrogens with zero attached hydrogens (tertiary/aromatic N) is 1. The van der Waals surface area contributed by atoms with Crippen LogP contribution >= 0.6 is 11.6 Å². The maximum absolute atomic E-state index is 11.9. The van der Waals surface area contributed by atoms with Crippen LogP contribution in [0.15, 0.2) is 57.8 Å². The first-order chi connectivity index (χ1) is 11.4. The summed E-state index contributed by atoms with van der Waals surface area (Å²) in [6.45, 7) is 0.389. The molecule has 1 amide bonds. The minimum absolute atomic E-state index is 0.0835. The van der Waals surface area contributed by atoms with Crippen LogP contribution in [0.25, 0.3) is 0 Å². The van der Waals surface area contributed by atoms with Crippen molar-refractivity contribution in [3.8, 4) is 0 Å². The van der Waals surface area contributed by atoms with Crippen LogP contribution in [0.5, 0.6) is 0 Å². The topological polar surface area (TPSA) is 92.7 Å². The number of hydrogen-bond acceptors (Lipinski definition) is 4. The van der Waals surface area contributed by atoms with E-state index in [-0.39, 0.29) is 10.8 Å². The summed E-state index contributed by atoms with van der Waals surface area (Å²) < 4.78 is 25.8. The highest BCUT2D eigenvalue weighted by Gasteiger charge is 2.12. The lowest BCUT2D eigenvalue weighted by molar-refractivity contribution is 0.0954. The van der Waals surface area contributed by atoms with Crippen molar-refractivity contribution in [3.05, 3.63) is 64.7 Å². The van der Waals surface area contributed by atoms with E-state index in [0.717, 1.165) is 11.6 Å². The highest BCUT2D eigenvalue weighted by molar-refractivity contribution is 7.90. The van der Waals surface area contributed by atoms with E-state index < -0.39 is 10.0 Å². The van der Waals surface area contributed by atoms with Crippen LogP contribution in [-0.4, -0.2) is 26.9 Å². The normalized spacial score (nSPS) is 10.7. The van der Waals surface area contributed by atoms with Gasteiger partial charge >= 0.3 is 0 Å². The van der Waals surface area contributed by atoms with E-state index in [0.29, 0.717) is 23.6 Å². The third-order valence-corrected chi connectivity index (χ3v) is 4.62. The first-order valence-corrected chi connectivity index (χ1v) is 8.71. The Labute approximate surface area is 144 Å². The molecule has 2 rings (SSSR count). The third-order valence-electron chi connectivity index (χ3n) is 3.18. The molecular formula is C16H13ClN2O4S. The SMILES string of the molecule is O=C=NS(=O)(=O)c1ccc(CCNC(=O)c2ccc(Cl)cc2)cc1. The number of rotatable bonds is 6. The lowest BCUT2D eigenvalue weighted by atomic mass is 10.1. The van der Waals surface area contributed by atoms with E-state index in [1.54, 1.807) is 36.4 Å². The number of hydrogen-bond donors (Lipinski definition) is 1. The second-order valence-corrected chi connectivity index (χ2v) is 6.85. The molecule has 0 saturated carbocycles. The lowest BCUT2D eigenvalue weighted by Gasteiger charge is -2.06. The lowest BCUT2D eigenvalue weighted by Crippen LogP contribution is -2.25. The summed E-state index contributed by atoms with van der Waals surface area (Å²) in [4.78, 5) is 21.9. The van der Waals surface area contributed by atoms with E-state index in [1.807, 2.05) is 0 Å². The number of carbonyl (C=O) groups excluding carboxylic acids is 2. The fourth-order valence-corrected chi connectivity index (χ4v) is 2.76. The molecular weight excluding hydrogens is 352 g/mol. The molecule has 2 aromatic carbocycles. The zero-order valence-electron chi connectivity index (χ0n) is 12.4. The minimum atomic E-state index is -3.98. The van der Waals surface area contributed by atoms with Crippen LogP contribution in [-0.2, 0) is 21.2 Å². The fourth-order valence-electron chi connectivity index (χ4n) is 1.95. The first kappa shape index (κ1) is 17.9. The monoisotopic (exact) mass is 364 g/mol. The Morgan fingerprint density at radius 3 is 2.29 bits per heavy atom. The summed E-state index contributed by atoms with van der Waals surface area (Å²) in [6, 6.07) is 12.4. The van der Waals surface area contributed by atoms with E-state index in [4.69, 9.17) is 11.6 Å². The highest BCUT2D eigenvalue weighted by Crippen LogP contribution is 2.13. The molecule has 0 aliphatic rings. The van der Waals surface area contributed by atoms with Crippen LogP contribution in [0.4, 0.5) is 0 Å². The van der Waals surface area contributed by atoms with Crippen LogP contribution in [0.1, 0.15) is 15.9 Å². The Hall–Kier alpha value is -2.47. The predicted molar refractivity (Wildman–Crippen MR) is 89.2 cm³/mol. The Morgan fingerprint density at radius 1 is 1.08 bits per heavy atom. The van der Waals surface area contributed by atoms with E-state index in [9.17, 15) is 18.0 Å². The van der Waals surface area contributed by atoms with Crippen molar-refractivity contribution in [2.75, 3.05) is 6.54 Å². The molecule has 0 aliphatic carbocycles. The Bertz CT molecular complexity index is 871. The van der Waals surface area contributed by atoms with Crippen molar-refractivity contribution in [1.29, 1.82) is 0 Å². The van der Waals surface area contributed by atoms with Gasteiger partial charge in [0.05, 0.1) is 4.90 Å². The maximum atomic E-state index is 11.9. The van der Waals surface area contributed by atoms with Crippen molar-refractivity contribution in [2.45, 2.75) is 11.3 Å². The summed E-state index contributed by atoms with van der Waals surface area (Å²) in [5.41, 5.74) is 1.34. The van der Waals surface area contributed by atoms with Gasteiger partial charge < -0.3 is 5.32 Å². The van der Waals surface area contributed by atoms with E-state index in [2.05, 4.69) is 9.71 Å². The summed E-state index contributed by atoms with van der Waals surface area (Å²) in [5, 5.41) is 3.32. The van der Waals surface area contributed by atoms with Crippen molar-refractivity contribution in [1.82, 2.24) is 5.32 Å². The van der Waals surface area contributed by atoms with Gasteiger partial charge in [-0.1, -0.05) is 28.1 Å². The van der Waals surface area contributed by atoms with Crippen LogP contribution in [0, 0.1) is 0 Å². The molecule has 0 bridgehead atoms. The zero-order valence-corrected chi connectivity index (χ0v) is 14.0. The molecule has 1 N–H and O–H groups in total. The molecule has 0 aromatic heterocycles. The molecule has 0 fully saturated rings. The molecule has 8 heteroatoms. The summed E-state index contributed by atoms with van der Waals surface area (Å²) in [5.74, 6) is -0.216. The smallest absolute Gasteiger partial charge is 0.292 e. The summed E-state index contributed by atoms with van der Waals surface area (Å²) >= 11 is 5.76. The molecule has 6 nitrogen and oxygen atoms in total. The number of amides is 1. The van der Waals surface area contributed by atoms with Crippen LogP contribution in [0.2, 0.25) is 5.02 Å². The Kier molecular flexibility index (Phi) is 5.87. The predicted octanol–water partition coefficient (Wildman–Crippen LogP) is 2.34. The largest absolute Gasteiger partial charge is 0.352 e. The van der Waals surface area contributed by atoms with Crippen molar-refractivity contribution >= 4 is 33.6 Å². The number of isocyanates is 1. The van der Waals surface area contributed by atoms with Crippen molar-refractivity contribution in [3.63, 3.8) is 0 Å². The van der Waals surface area contributed by atoms with Gasteiger partial charge in [-0.15, -0.1) is 0 Å². The van der Waals surface area contributed by atoms with Gasteiger partial charge in [-0.05, 0) is 48.4 Å². The number of nitrogens with one attached hydrogen (secondary N) is 1. The first-order valence-electron chi connectivity index (χ1n) is 6.89. The van der Waals surface area contributed by atoms with Crippen molar-refractivity contribution in [2.24, 2.45) is 4.40 Å². The Balaban J connectivity index is 1.92. The quantitative estimate of drug-likeness (QED) is 0.629. The second kappa shape index (κ2) is 7.88. The van der Waals surface area contributed by atoms with Gasteiger partial charge in [0.1, 0.15) is 0 Å². The standard InChI is InChI=1S/C16H13ClN2O4S/c17-14-5-3-13(4-6-14)16(21)18-10-9-12-1-7-15(8-2-12)24(22,23)19-11-20/h1-8H,9-10H2,(H,18,21). The van der Waals surface area contributed by atoms with Gasteiger partial charge in [0.15, 0.2) is 0 Å². The maximum Gasteiger partial charge on any atom is 0.292 e. The average molecular weight is 365 g/mol. The number of halogens is 1. The van der Waals surface area contributed by atoms with Gasteiger partial charge in [-0.2, -0.15) is 8.42 Å². The summed E-state index contributed by atoms with van der Waals surface area (Å²) in [6.07, 6.45) is 1.54. The fraction of sp³-hybridized carbons (Fsp3) is 0.125. The molecule has 0 saturated heterocycles. The van der Waals surface area contributed by atoms with Crippen LogP contribution < -0.4 is 5.32 Å².